The van der Waals surface area contributed by atoms with Crippen LogP contribution < -0.4 is 20.5 Å². The molecule has 4 aromatic rings. The highest BCUT2D eigenvalue weighted by atomic mass is 16.5. The number of methoxy groups -OCH3 is 1. The van der Waals surface area contributed by atoms with Crippen molar-refractivity contribution in [2.45, 2.75) is 39.3 Å². The molecule has 1 heterocycles. The number of anilines is 1. The maximum Gasteiger partial charge on any atom is 0.331 e. The third-order valence-electron chi connectivity index (χ3n) is 6.50. The number of aromatic nitrogens is 1. The molecule has 0 unspecified atom stereocenters. The van der Waals surface area contributed by atoms with E-state index >= 15 is 0 Å². The van der Waals surface area contributed by atoms with Gasteiger partial charge in [-0.05, 0) is 28.8 Å². The lowest BCUT2D eigenvalue weighted by molar-refractivity contribution is -0.151. The Morgan fingerprint density at radius 2 is 1.49 bits per heavy atom. The Morgan fingerprint density at radius 3 is 2.07 bits per heavy atom. The number of carbonyl (C=O) groups excluding carboxylic acids is 3. The van der Waals surface area contributed by atoms with E-state index in [1.165, 1.54) is 27.0 Å². The van der Waals surface area contributed by atoms with Gasteiger partial charge in [0.15, 0.2) is 17.5 Å². The summed E-state index contributed by atoms with van der Waals surface area (Å²) >= 11 is 0. The number of hydrazine groups is 1. The fourth-order valence-electron chi connectivity index (χ4n) is 4.44. The number of esters is 2. The maximum atomic E-state index is 13.2. The standard InChI is InChI=1S/C33H33N3O7/c1-22(37)36(35-31-30(43-23(2)38)20-27(34-32(31)39)18-24-10-6-4-7-11-24)29(33(40)41-3)19-25-14-16-28(17-15-25)42-21-26-12-8-5-9-13-26/h4-17,20,29,35H,18-19,21H2,1-3H3,(H,34,39)/t29-/m0/s1. The summed E-state index contributed by atoms with van der Waals surface area (Å²) in [6, 6.07) is 26.6. The van der Waals surface area contributed by atoms with Crippen LogP contribution in [0.2, 0.25) is 0 Å². The number of nitrogens with one attached hydrogen (secondary N) is 2. The third kappa shape index (κ3) is 8.56. The van der Waals surface area contributed by atoms with E-state index < -0.39 is 29.4 Å². The predicted octanol–water partition coefficient (Wildman–Crippen LogP) is 4.43. The number of hydrogen-bond acceptors (Lipinski definition) is 8. The van der Waals surface area contributed by atoms with Crippen LogP contribution in [0.5, 0.6) is 11.5 Å². The monoisotopic (exact) mass is 583 g/mol. The van der Waals surface area contributed by atoms with Crippen molar-refractivity contribution >= 4 is 23.5 Å². The summed E-state index contributed by atoms with van der Waals surface area (Å²) in [7, 11) is 1.21. The van der Waals surface area contributed by atoms with Gasteiger partial charge in [-0.25, -0.2) is 9.80 Å². The molecule has 0 spiro atoms. The Morgan fingerprint density at radius 1 is 0.860 bits per heavy atom. The summed E-state index contributed by atoms with van der Waals surface area (Å²) < 4.78 is 16.2. The summed E-state index contributed by atoms with van der Waals surface area (Å²) in [4.78, 5) is 53.7. The second-order valence-electron chi connectivity index (χ2n) is 9.78. The summed E-state index contributed by atoms with van der Waals surface area (Å²) in [6.45, 7) is 2.85. The van der Waals surface area contributed by atoms with Crippen LogP contribution in [0.4, 0.5) is 5.69 Å². The van der Waals surface area contributed by atoms with Crippen LogP contribution in [-0.2, 0) is 38.6 Å². The molecule has 0 fully saturated rings. The zero-order valence-corrected chi connectivity index (χ0v) is 24.2. The Hall–Kier alpha value is -5.38. The number of nitrogens with zero attached hydrogens (tertiary/aromatic N) is 1. The summed E-state index contributed by atoms with van der Waals surface area (Å²) in [5.74, 6) is -1.39. The molecule has 1 atom stereocenters. The molecule has 10 nitrogen and oxygen atoms in total. The van der Waals surface area contributed by atoms with Gasteiger partial charge >= 0.3 is 11.9 Å². The Kier molecular flexibility index (Phi) is 10.3. The molecule has 0 aliphatic carbocycles. The molecule has 222 valence electrons. The van der Waals surface area contributed by atoms with Crippen LogP contribution in [0.1, 0.15) is 36.2 Å². The first kappa shape index (κ1) is 30.6. The third-order valence-corrected chi connectivity index (χ3v) is 6.50. The number of H-pyrrole nitrogens is 1. The predicted molar refractivity (Wildman–Crippen MR) is 160 cm³/mol. The lowest BCUT2D eigenvalue weighted by Gasteiger charge is -2.30. The van der Waals surface area contributed by atoms with Crippen LogP contribution in [0.25, 0.3) is 0 Å². The normalized spacial score (nSPS) is 11.2. The number of benzene rings is 3. The Bertz CT molecular complexity index is 1600. The molecule has 43 heavy (non-hydrogen) atoms. The minimum Gasteiger partial charge on any atom is -0.489 e. The van der Waals surface area contributed by atoms with E-state index in [0.717, 1.165) is 16.1 Å². The number of ether oxygens (including phenoxy) is 3. The number of amides is 1. The number of carbonyl (C=O) groups is 3. The van der Waals surface area contributed by atoms with Crippen molar-refractivity contribution in [2.24, 2.45) is 0 Å². The minimum absolute atomic E-state index is 0.0606. The molecule has 0 saturated heterocycles. The van der Waals surface area contributed by atoms with E-state index in [0.29, 0.717) is 30.0 Å². The molecule has 3 aromatic carbocycles. The first-order valence-electron chi connectivity index (χ1n) is 13.6. The first-order chi connectivity index (χ1) is 20.7. The molecule has 2 N–H and O–H groups in total. The van der Waals surface area contributed by atoms with Gasteiger partial charge in [0, 0.05) is 38.4 Å². The number of pyridine rings is 1. The van der Waals surface area contributed by atoms with Crippen molar-refractivity contribution in [3.63, 3.8) is 0 Å². The van der Waals surface area contributed by atoms with Gasteiger partial charge in [-0.2, -0.15) is 0 Å². The number of hydrogen-bond donors (Lipinski definition) is 2. The van der Waals surface area contributed by atoms with Crippen LogP contribution >= 0.6 is 0 Å². The van der Waals surface area contributed by atoms with Gasteiger partial charge in [-0.15, -0.1) is 0 Å². The van der Waals surface area contributed by atoms with Gasteiger partial charge in [0.1, 0.15) is 12.4 Å². The van der Waals surface area contributed by atoms with Crippen LogP contribution in [-0.4, -0.2) is 41.0 Å². The quantitative estimate of drug-likeness (QED) is 0.185. The molecule has 0 radical (unpaired) electrons. The highest BCUT2D eigenvalue weighted by molar-refractivity contribution is 5.85. The van der Waals surface area contributed by atoms with E-state index in [-0.39, 0.29) is 17.9 Å². The minimum atomic E-state index is -1.16. The highest BCUT2D eigenvalue weighted by Gasteiger charge is 2.31. The zero-order valence-electron chi connectivity index (χ0n) is 24.2. The van der Waals surface area contributed by atoms with Gasteiger partial charge < -0.3 is 19.2 Å². The van der Waals surface area contributed by atoms with Crippen LogP contribution in [0.15, 0.2) is 95.8 Å². The van der Waals surface area contributed by atoms with Crippen molar-refractivity contribution in [2.75, 3.05) is 12.5 Å². The Labute approximate surface area is 249 Å². The van der Waals surface area contributed by atoms with E-state index in [1.807, 2.05) is 60.7 Å². The van der Waals surface area contributed by atoms with E-state index in [4.69, 9.17) is 14.2 Å². The van der Waals surface area contributed by atoms with Gasteiger partial charge in [-0.3, -0.25) is 19.8 Å². The number of aromatic amines is 1. The molecular formula is C33H33N3O7. The largest absolute Gasteiger partial charge is 0.489 e. The molecular weight excluding hydrogens is 550 g/mol. The fourth-order valence-corrected chi connectivity index (χ4v) is 4.44. The van der Waals surface area contributed by atoms with Gasteiger partial charge in [0.25, 0.3) is 5.56 Å². The molecule has 1 aromatic heterocycles. The fraction of sp³-hybridized carbons (Fsp3) is 0.212. The van der Waals surface area contributed by atoms with Gasteiger partial charge in [0.2, 0.25) is 5.91 Å². The molecule has 0 bridgehead atoms. The van der Waals surface area contributed by atoms with Crippen LogP contribution in [0, 0.1) is 0 Å². The topological polar surface area (TPSA) is 127 Å². The first-order valence-corrected chi connectivity index (χ1v) is 13.6. The van der Waals surface area contributed by atoms with E-state index in [9.17, 15) is 19.2 Å². The lowest BCUT2D eigenvalue weighted by Crippen LogP contribution is -2.50. The molecule has 1 amide bonds. The second kappa shape index (κ2) is 14.5. The van der Waals surface area contributed by atoms with Crippen molar-refractivity contribution in [3.8, 4) is 11.5 Å². The van der Waals surface area contributed by atoms with Crippen molar-refractivity contribution in [1.82, 2.24) is 9.99 Å². The van der Waals surface area contributed by atoms with E-state index in [1.54, 1.807) is 24.3 Å². The molecule has 0 saturated carbocycles. The molecule has 0 aliphatic rings. The maximum absolute atomic E-state index is 13.2. The summed E-state index contributed by atoms with van der Waals surface area (Å²) in [6.07, 6.45) is 0.433. The van der Waals surface area contributed by atoms with Crippen molar-refractivity contribution < 1.29 is 28.6 Å². The van der Waals surface area contributed by atoms with Crippen molar-refractivity contribution in [1.29, 1.82) is 0 Å². The molecule has 0 aliphatic heterocycles. The van der Waals surface area contributed by atoms with Crippen molar-refractivity contribution in [3.05, 3.63) is 124 Å². The second-order valence-corrected chi connectivity index (χ2v) is 9.78. The van der Waals surface area contributed by atoms with Crippen LogP contribution in [0.3, 0.4) is 0 Å². The Balaban J connectivity index is 1.57. The number of rotatable bonds is 12. The average molecular weight is 584 g/mol. The SMILES string of the molecule is COC(=O)[C@H](Cc1ccc(OCc2ccccc2)cc1)N(Nc1c(OC(C)=O)cc(Cc2ccccc2)[nH]c1=O)C(C)=O. The van der Waals surface area contributed by atoms with Gasteiger partial charge in [0.05, 0.1) is 7.11 Å². The summed E-state index contributed by atoms with van der Waals surface area (Å²) in [5, 5.41) is 1.00. The zero-order chi connectivity index (χ0) is 30.8. The molecule has 4 rings (SSSR count). The molecule has 10 heteroatoms. The summed E-state index contributed by atoms with van der Waals surface area (Å²) in [5.41, 5.74) is 5.05. The highest BCUT2D eigenvalue weighted by Crippen LogP contribution is 2.25. The average Bonchev–Trinajstić information content (AvgIpc) is 2.99. The smallest absolute Gasteiger partial charge is 0.331 e. The lowest BCUT2D eigenvalue weighted by atomic mass is 10.1. The van der Waals surface area contributed by atoms with E-state index in [2.05, 4.69) is 10.4 Å². The van der Waals surface area contributed by atoms with Gasteiger partial charge in [-0.1, -0.05) is 72.8 Å².